The Labute approximate surface area is 216 Å². The van der Waals surface area contributed by atoms with E-state index < -0.39 is 14.3 Å². The Morgan fingerprint density at radius 2 is 1.75 bits per heavy atom. The van der Waals surface area contributed by atoms with Gasteiger partial charge in [-0.2, -0.15) is 0 Å². The van der Waals surface area contributed by atoms with Crippen LogP contribution in [0.1, 0.15) is 63.7 Å². The molecular formula is C30H37NO4Si. The van der Waals surface area contributed by atoms with Gasteiger partial charge in [-0.25, -0.2) is 4.98 Å². The first-order valence-corrected chi connectivity index (χ1v) is 15.4. The highest BCUT2D eigenvalue weighted by Crippen LogP contribution is 2.42. The lowest BCUT2D eigenvalue weighted by Gasteiger charge is -2.39. The number of aliphatic carboxylic acids is 1. The zero-order valence-corrected chi connectivity index (χ0v) is 23.0. The van der Waals surface area contributed by atoms with Gasteiger partial charge in [0, 0.05) is 30.2 Å². The standard InChI is InChI=1S/C30H37NO4Si/c1-30(2,3)36(4,5)35-27(19-11-6-7-12-20-28(32)33)25-21-24-17-13-14-18-26(24)31-29(25)34-22-23-15-9-8-10-16-23/h8-10,13-18,21,27H,7,12,19-20,22H2,1-5H3,(H,32,33). The van der Waals surface area contributed by atoms with Gasteiger partial charge in [0.05, 0.1) is 11.6 Å². The second-order valence-corrected chi connectivity index (χ2v) is 15.3. The molecule has 0 radical (unpaired) electrons. The lowest BCUT2D eigenvalue weighted by molar-refractivity contribution is -0.137. The smallest absolute Gasteiger partial charge is 0.303 e. The molecule has 0 bridgehead atoms. The van der Waals surface area contributed by atoms with Gasteiger partial charge in [0.15, 0.2) is 8.32 Å². The molecule has 5 nitrogen and oxygen atoms in total. The van der Waals surface area contributed by atoms with Gasteiger partial charge >= 0.3 is 5.97 Å². The normalized spacial score (nSPS) is 12.6. The third kappa shape index (κ3) is 7.68. The number of hydrogen-bond donors (Lipinski definition) is 1. The molecule has 0 saturated heterocycles. The average molecular weight is 504 g/mol. The van der Waals surface area contributed by atoms with E-state index in [0.29, 0.717) is 31.7 Å². The molecule has 0 spiro atoms. The van der Waals surface area contributed by atoms with Crippen molar-refractivity contribution in [2.75, 3.05) is 0 Å². The maximum Gasteiger partial charge on any atom is 0.303 e. The number of carboxylic acid groups (broad SMARTS) is 1. The van der Waals surface area contributed by atoms with Crippen LogP contribution in [-0.2, 0) is 15.8 Å². The molecule has 0 aliphatic heterocycles. The molecule has 6 heteroatoms. The Morgan fingerprint density at radius 3 is 2.44 bits per heavy atom. The molecule has 0 aliphatic rings. The van der Waals surface area contributed by atoms with Crippen LogP contribution in [0.15, 0.2) is 60.7 Å². The van der Waals surface area contributed by atoms with Crippen LogP contribution in [0, 0.1) is 11.8 Å². The molecule has 3 rings (SSSR count). The van der Waals surface area contributed by atoms with Gasteiger partial charge in [-0.3, -0.25) is 4.79 Å². The number of rotatable bonds is 10. The third-order valence-corrected chi connectivity index (χ3v) is 11.1. The molecule has 0 fully saturated rings. The molecule has 190 valence electrons. The maximum absolute atomic E-state index is 10.8. The number of carbonyl (C=O) groups is 1. The second-order valence-electron chi connectivity index (χ2n) is 10.5. The molecule has 36 heavy (non-hydrogen) atoms. The fraction of sp³-hybridized carbons (Fsp3) is 0.400. The van der Waals surface area contributed by atoms with Crippen LogP contribution in [0.5, 0.6) is 5.88 Å². The van der Waals surface area contributed by atoms with Crippen molar-refractivity contribution in [2.24, 2.45) is 0 Å². The van der Waals surface area contributed by atoms with Gasteiger partial charge < -0.3 is 14.3 Å². The summed E-state index contributed by atoms with van der Waals surface area (Å²) in [7, 11) is -2.15. The summed E-state index contributed by atoms with van der Waals surface area (Å²) < 4.78 is 13.2. The first-order valence-electron chi connectivity index (χ1n) is 12.5. The number of fused-ring (bicyclic) bond motifs is 1. The van der Waals surface area contributed by atoms with Gasteiger partial charge in [0.25, 0.3) is 0 Å². The molecule has 0 amide bonds. The van der Waals surface area contributed by atoms with E-state index in [1.807, 2.05) is 54.6 Å². The summed E-state index contributed by atoms with van der Waals surface area (Å²) >= 11 is 0. The summed E-state index contributed by atoms with van der Waals surface area (Å²) in [6.07, 6.45) is 1.40. The van der Waals surface area contributed by atoms with Crippen LogP contribution in [0.3, 0.4) is 0 Å². The Balaban J connectivity index is 1.97. The molecular weight excluding hydrogens is 466 g/mol. The highest BCUT2D eigenvalue weighted by atomic mass is 28.4. The molecule has 1 atom stereocenters. The van der Waals surface area contributed by atoms with E-state index in [9.17, 15) is 4.79 Å². The number of nitrogens with zero attached hydrogens (tertiary/aromatic N) is 1. The van der Waals surface area contributed by atoms with Crippen LogP contribution in [0.4, 0.5) is 0 Å². The van der Waals surface area contributed by atoms with E-state index in [4.69, 9.17) is 19.3 Å². The monoisotopic (exact) mass is 503 g/mol. The Morgan fingerprint density at radius 1 is 1.06 bits per heavy atom. The SMILES string of the molecule is CC(C)(C)[Si](C)(C)OC(CC#CCCCC(=O)O)c1cc2ccccc2nc1OCc1ccccc1. The Bertz CT molecular complexity index is 1220. The first-order chi connectivity index (χ1) is 17.1. The van der Waals surface area contributed by atoms with Gasteiger partial charge in [-0.15, -0.1) is 11.8 Å². The van der Waals surface area contributed by atoms with E-state index in [1.54, 1.807) is 0 Å². The van der Waals surface area contributed by atoms with Gasteiger partial charge in [-0.05, 0) is 42.2 Å². The topological polar surface area (TPSA) is 68.7 Å². The highest BCUT2D eigenvalue weighted by molar-refractivity contribution is 6.74. The van der Waals surface area contributed by atoms with Crippen LogP contribution >= 0.6 is 0 Å². The van der Waals surface area contributed by atoms with E-state index in [2.05, 4.69) is 51.8 Å². The van der Waals surface area contributed by atoms with Gasteiger partial charge in [0.1, 0.15) is 6.61 Å². The van der Waals surface area contributed by atoms with Gasteiger partial charge in [0.2, 0.25) is 5.88 Å². The summed E-state index contributed by atoms with van der Waals surface area (Å²) in [4.78, 5) is 15.7. The minimum absolute atomic E-state index is 0.0233. The molecule has 1 unspecified atom stereocenters. The Hall–Kier alpha value is -3.14. The van der Waals surface area contributed by atoms with E-state index >= 15 is 0 Å². The van der Waals surface area contributed by atoms with Crippen molar-refractivity contribution < 1.29 is 19.1 Å². The summed E-state index contributed by atoms with van der Waals surface area (Å²) in [6.45, 7) is 11.5. The number of unbranched alkanes of at least 4 members (excludes halogenated alkanes) is 1. The summed E-state index contributed by atoms with van der Waals surface area (Å²) in [5.74, 6) is 6.16. The molecule has 0 aliphatic carbocycles. The molecule has 1 heterocycles. The van der Waals surface area contributed by atoms with Crippen molar-refractivity contribution >= 4 is 25.2 Å². The van der Waals surface area contributed by atoms with Crippen molar-refractivity contribution in [3.63, 3.8) is 0 Å². The van der Waals surface area contributed by atoms with Crippen LogP contribution in [-0.4, -0.2) is 24.4 Å². The molecule has 2 aromatic carbocycles. The zero-order valence-electron chi connectivity index (χ0n) is 22.0. The van der Waals surface area contributed by atoms with Crippen molar-refractivity contribution in [1.29, 1.82) is 0 Å². The molecule has 3 aromatic rings. The van der Waals surface area contributed by atoms with E-state index in [0.717, 1.165) is 22.0 Å². The largest absolute Gasteiger partial charge is 0.481 e. The predicted octanol–water partition coefficient (Wildman–Crippen LogP) is 7.53. The van der Waals surface area contributed by atoms with Crippen LogP contribution < -0.4 is 4.74 Å². The summed E-state index contributed by atoms with van der Waals surface area (Å²) in [6, 6.07) is 20.2. The number of aromatic nitrogens is 1. The average Bonchev–Trinajstić information content (AvgIpc) is 2.83. The maximum atomic E-state index is 10.8. The van der Waals surface area contributed by atoms with Crippen LogP contribution in [0.2, 0.25) is 18.1 Å². The quantitative estimate of drug-likeness (QED) is 0.176. The third-order valence-electron chi connectivity index (χ3n) is 6.63. The second kappa shape index (κ2) is 12.2. The number of carboxylic acids is 1. The minimum Gasteiger partial charge on any atom is -0.481 e. The summed E-state index contributed by atoms with van der Waals surface area (Å²) in [5.41, 5.74) is 2.84. The lowest BCUT2D eigenvalue weighted by atomic mass is 10.1. The van der Waals surface area contributed by atoms with Gasteiger partial charge in [-0.1, -0.05) is 69.3 Å². The number of pyridine rings is 1. The number of ether oxygens (including phenoxy) is 1. The minimum atomic E-state index is -2.15. The van der Waals surface area contributed by atoms with Crippen molar-refractivity contribution in [3.8, 4) is 17.7 Å². The van der Waals surface area contributed by atoms with Crippen molar-refractivity contribution in [3.05, 3.63) is 71.8 Å². The van der Waals surface area contributed by atoms with Crippen LogP contribution in [0.25, 0.3) is 10.9 Å². The zero-order chi connectivity index (χ0) is 26.2. The number of para-hydroxylation sites is 1. The fourth-order valence-corrected chi connectivity index (χ4v) is 4.79. The lowest BCUT2D eigenvalue weighted by Crippen LogP contribution is -2.41. The first kappa shape index (κ1) is 27.4. The summed E-state index contributed by atoms with van der Waals surface area (Å²) in [5, 5.41) is 9.93. The molecule has 1 aromatic heterocycles. The molecule has 0 saturated carbocycles. The highest BCUT2D eigenvalue weighted by Gasteiger charge is 2.40. The molecule has 1 N–H and O–H groups in total. The van der Waals surface area contributed by atoms with E-state index in [-0.39, 0.29) is 17.6 Å². The van der Waals surface area contributed by atoms with E-state index in [1.165, 1.54) is 0 Å². The Kier molecular flexibility index (Phi) is 9.30. The van der Waals surface area contributed by atoms with Crippen molar-refractivity contribution in [1.82, 2.24) is 4.98 Å². The fourth-order valence-electron chi connectivity index (χ4n) is 3.52. The van der Waals surface area contributed by atoms with Crippen molar-refractivity contribution in [2.45, 2.75) is 77.3 Å². The number of hydrogen-bond acceptors (Lipinski definition) is 4. The number of benzene rings is 2. The predicted molar refractivity (Wildman–Crippen MR) is 147 cm³/mol.